The average Bonchev–Trinajstić information content (AvgIpc) is 2.97. The van der Waals surface area contributed by atoms with Crippen molar-refractivity contribution in [2.75, 3.05) is 0 Å². The predicted molar refractivity (Wildman–Crippen MR) is 79.3 cm³/mol. The number of oxime groups is 1. The van der Waals surface area contributed by atoms with Crippen molar-refractivity contribution < 1.29 is 9.63 Å². The average molecular weight is 285 g/mol. The van der Waals surface area contributed by atoms with Gasteiger partial charge in [-0.1, -0.05) is 49.3 Å². The third kappa shape index (κ3) is 4.06. The van der Waals surface area contributed by atoms with Crippen LogP contribution in [-0.4, -0.2) is 17.7 Å². The van der Waals surface area contributed by atoms with E-state index in [9.17, 15) is 4.79 Å². The van der Waals surface area contributed by atoms with Gasteiger partial charge in [0, 0.05) is 6.42 Å². The molecular weight excluding hydrogens is 266 g/mol. The zero-order chi connectivity index (χ0) is 15.2. The second-order valence-corrected chi connectivity index (χ2v) is 5.53. The smallest absolute Gasteiger partial charge is 0.270 e. The number of carbonyl (C=O) groups is 1. The molecule has 1 aromatic rings. The third-order valence-corrected chi connectivity index (χ3v) is 3.27. The molecule has 0 spiro atoms. The first kappa shape index (κ1) is 15.0. The molecule has 1 amide bonds. The maximum absolute atomic E-state index is 12.1. The number of nitrogens with one attached hydrogen (secondary N) is 1. The minimum atomic E-state index is -0.490. The summed E-state index contributed by atoms with van der Waals surface area (Å²) in [5.41, 5.74) is 1.33. The Labute approximate surface area is 124 Å². The zero-order valence-electron chi connectivity index (χ0n) is 12.2. The minimum absolute atomic E-state index is 0.224. The van der Waals surface area contributed by atoms with E-state index in [0.29, 0.717) is 24.5 Å². The van der Waals surface area contributed by atoms with Crippen molar-refractivity contribution in [3.63, 3.8) is 0 Å². The Morgan fingerprint density at radius 3 is 2.81 bits per heavy atom. The summed E-state index contributed by atoms with van der Waals surface area (Å²) in [6.45, 7) is 4.02. The van der Waals surface area contributed by atoms with Crippen LogP contribution in [0, 0.1) is 17.2 Å². The molecule has 0 fully saturated rings. The number of amides is 1. The predicted octanol–water partition coefficient (Wildman–Crippen LogP) is 2.56. The number of nitrogens with zero attached hydrogens (tertiary/aromatic N) is 2. The van der Waals surface area contributed by atoms with Gasteiger partial charge in [-0.2, -0.15) is 5.26 Å². The van der Waals surface area contributed by atoms with Gasteiger partial charge in [0.25, 0.3) is 5.91 Å². The van der Waals surface area contributed by atoms with E-state index in [1.165, 1.54) is 0 Å². The Morgan fingerprint density at radius 1 is 1.48 bits per heavy atom. The van der Waals surface area contributed by atoms with Gasteiger partial charge in [-0.15, -0.1) is 0 Å². The highest BCUT2D eigenvalue weighted by Gasteiger charge is 2.28. The molecule has 5 nitrogen and oxygen atoms in total. The fraction of sp³-hybridized carbons (Fsp3) is 0.438. The van der Waals surface area contributed by atoms with Crippen LogP contribution in [-0.2, 0) is 9.63 Å². The molecule has 21 heavy (non-hydrogen) atoms. The van der Waals surface area contributed by atoms with Crippen LogP contribution in [0.15, 0.2) is 35.5 Å². The second kappa shape index (κ2) is 6.89. The molecule has 0 bridgehead atoms. The Bertz CT molecular complexity index is 561. The van der Waals surface area contributed by atoms with Gasteiger partial charge in [-0.05, 0) is 17.9 Å². The molecule has 1 aliphatic rings. The van der Waals surface area contributed by atoms with E-state index in [4.69, 9.17) is 10.1 Å². The number of nitriles is 1. The number of carbonyl (C=O) groups excluding carboxylic acids is 1. The molecule has 1 aromatic carbocycles. The summed E-state index contributed by atoms with van der Waals surface area (Å²) in [6, 6.07) is 11.3. The van der Waals surface area contributed by atoms with Crippen LogP contribution in [0.3, 0.4) is 0 Å². The Morgan fingerprint density at radius 2 is 2.19 bits per heavy atom. The summed E-state index contributed by atoms with van der Waals surface area (Å²) < 4.78 is 0. The maximum Gasteiger partial charge on any atom is 0.270 e. The van der Waals surface area contributed by atoms with Crippen LogP contribution >= 0.6 is 0 Å². The van der Waals surface area contributed by atoms with E-state index in [2.05, 4.69) is 16.5 Å². The molecule has 1 heterocycles. The summed E-state index contributed by atoms with van der Waals surface area (Å²) in [5, 5.41) is 15.6. The first-order valence-electron chi connectivity index (χ1n) is 7.08. The lowest BCUT2D eigenvalue weighted by Crippen LogP contribution is -2.38. The van der Waals surface area contributed by atoms with Crippen molar-refractivity contribution in [3.05, 3.63) is 35.9 Å². The van der Waals surface area contributed by atoms with Crippen LogP contribution in [0.1, 0.15) is 38.4 Å². The van der Waals surface area contributed by atoms with Crippen molar-refractivity contribution in [1.29, 1.82) is 5.26 Å². The normalized spacial score (nSPS) is 18.6. The number of hydrogen-bond donors (Lipinski definition) is 1. The van der Waals surface area contributed by atoms with Crippen LogP contribution in [0.4, 0.5) is 0 Å². The lowest BCUT2D eigenvalue weighted by Gasteiger charge is -2.13. The molecule has 0 aromatic heterocycles. The van der Waals surface area contributed by atoms with E-state index in [1.54, 1.807) is 0 Å². The lowest BCUT2D eigenvalue weighted by molar-refractivity contribution is -0.115. The SMILES string of the molecule is CC(C)CC(C#N)NC(=O)C1=NOC(c2ccccc2)C1. The highest BCUT2D eigenvalue weighted by molar-refractivity contribution is 6.39. The molecule has 0 radical (unpaired) electrons. The van der Waals surface area contributed by atoms with Gasteiger partial charge in [0.05, 0.1) is 6.07 Å². The van der Waals surface area contributed by atoms with Gasteiger partial charge in [-0.3, -0.25) is 4.79 Å². The Kier molecular flexibility index (Phi) is 4.94. The molecule has 5 heteroatoms. The summed E-state index contributed by atoms with van der Waals surface area (Å²) >= 11 is 0. The number of benzene rings is 1. The Hall–Kier alpha value is -2.35. The zero-order valence-corrected chi connectivity index (χ0v) is 12.2. The highest BCUT2D eigenvalue weighted by atomic mass is 16.6. The monoisotopic (exact) mass is 285 g/mol. The molecular formula is C16H19N3O2. The molecule has 2 atom stereocenters. The molecule has 1 N–H and O–H groups in total. The Balaban J connectivity index is 1.92. The third-order valence-electron chi connectivity index (χ3n) is 3.27. The number of rotatable bonds is 5. The summed E-state index contributed by atoms with van der Waals surface area (Å²) in [7, 11) is 0. The van der Waals surface area contributed by atoms with E-state index >= 15 is 0 Å². The van der Waals surface area contributed by atoms with E-state index in [0.717, 1.165) is 5.56 Å². The lowest BCUT2D eigenvalue weighted by atomic mass is 10.0. The fourth-order valence-electron chi connectivity index (χ4n) is 2.21. The van der Waals surface area contributed by atoms with Crippen molar-refractivity contribution in [1.82, 2.24) is 5.32 Å². The van der Waals surface area contributed by atoms with E-state index in [-0.39, 0.29) is 12.0 Å². The van der Waals surface area contributed by atoms with Crippen LogP contribution in [0.25, 0.3) is 0 Å². The standard InChI is InChI=1S/C16H19N3O2/c1-11(2)8-13(10-17)18-16(20)14-9-15(21-19-14)12-6-4-3-5-7-12/h3-7,11,13,15H,8-9H2,1-2H3,(H,18,20). The first-order chi connectivity index (χ1) is 10.1. The largest absolute Gasteiger partial charge is 0.387 e. The number of hydrogen-bond acceptors (Lipinski definition) is 4. The molecule has 2 unspecified atom stereocenters. The molecule has 110 valence electrons. The minimum Gasteiger partial charge on any atom is -0.387 e. The molecule has 1 aliphatic heterocycles. The van der Waals surface area contributed by atoms with Gasteiger partial charge in [0.2, 0.25) is 0 Å². The summed E-state index contributed by atoms with van der Waals surface area (Å²) in [6.07, 6.45) is 0.825. The fourth-order valence-corrected chi connectivity index (χ4v) is 2.21. The second-order valence-electron chi connectivity index (χ2n) is 5.53. The van der Waals surface area contributed by atoms with Crippen LogP contribution in [0.5, 0.6) is 0 Å². The van der Waals surface area contributed by atoms with Gasteiger partial charge in [0.1, 0.15) is 11.8 Å². The quantitative estimate of drug-likeness (QED) is 0.903. The maximum atomic E-state index is 12.1. The van der Waals surface area contributed by atoms with Gasteiger partial charge in [-0.25, -0.2) is 0 Å². The van der Waals surface area contributed by atoms with Crippen LogP contribution in [0.2, 0.25) is 0 Å². The molecule has 0 aliphatic carbocycles. The van der Waals surface area contributed by atoms with Gasteiger partial charge >= 0.3 is 0 Å². The van der Waals surface area contributed by atoms with Crippen molar-refractivity contribution >= 4 is 11.6 Å². The van der Waals surface area contributed by atoms with Crippen molar-refractivity contribution in [2.45, 2.75) is 38.8 Å². The molecule has 0 saturated carbocycles. The highest BCUT2D eigenvalue weighted by Crippen LogP contribution is 2.26. The van der Waals surface area contributed by atoms with Crippen molar-refractivity contribution in [2.24, 2.45) is 11.1 Å². The molecule has 0 saturated heterocycles. The summed E-state index contributed by atoms with van der Waals surface area (Å²) in [4.78, 5) is 17.4. The first-order valence-corrected chi connectivity index (χ1v) is 7.08. The van der Waals surface area contributed by atoms with Gasteiger partial charge < -0.3 is 10.2 Å². The summed E-state index contributed by atoms with van der Waals surface area (Å²) in [5.74, 6) is 0.0226. The van der Waals surface area contributed by atoms with Crippen LogP contribution < -0.4 is 5.32 Å². The van der Waals surface area contributed by atoms with E-state index < -0.39 is 6.04 Å². The van der Waals surface area contributed by atoms with Crippen molar-refractivity contribution in [3.8, 4) is 6.07 Å². The van der Waals surface area contributed by atoms with E-state index in [1.807, 2.05) is 44.2 Å². The topological polar surface area (TPSA) is 74.5 Å². The molecule has 2 rings (SSSR count). The van der Waals surface area contributed by atoms with Gasteiger partial charge in [0.15, 0.2) is 6.10 Å².